The topological polar surface area (TPSA) is 91.6 Å². The minimum absolute atomic E-state index is 0.0895. The molecule has 2 aliphatic rings. The highest BCUT2D eigenvalue weighted by Gasteiger charge is 2.57. The van der Waals surface area contributed by atoms with E-state index in [2.05, 4.69) is 16.0 Å². The average Bonchev–Trinajstić information content (AvgIpc) is 3.08. The number of benzene rings is 2. The molecule has 7 nitrogen and oxygen atoms in total. The van der Waals surface area contributed by atoms with Crippen LogP contribution in [0.1, 0.15) is 23.2 Å². The van der Waals surface area contributed by atoms with E-state index in [9.17, 15) is 15.2 Å². The normalized spacial score (nSPS) is 26.2. The average molecular weight is 407 g/mol. The van der Waals surface area contributed by atoms with Crippen LogP contribution in [0.25, 0.3) is 10.9 Å². The van der Waals surface area contributed by atoms with Gasteiger partial charge in [0.25, 0.3) is 5.69 Å². The zero-order chi connectivity index (χ0) is 21.1. The van der Waals surface area contributed by atoms with E-state index in [1.54, 1.807) is 13.2 Å². The van der Waals surface area contributed by atoms with Crippen molar-refractivity contribution in [1.29, 1.82) is 0 Å². The van der Waals surface area contributed by atoms with Crippen molar-refractivity contribution in [2.24, 2.45) is 0 Å². The van der Waals surface area contributed by atoms with E-state index in [-0.39, 0.29) is 10.6 Å². The number of likely N-dealkylation sites (tertiary alicyclic amines) is 1. The molecule has 3 aromatic rings. The Bertz CT molecular complexity index is 1160. The number of nitrogens with one attached hydrogen (secondary N) is 1. The van der Waals surface area contributed by atoms with Crippen LogP contribution in [0.4, 0.5) is 5.69 Å². The van der Waals surface area contributed by atoms with Gasteiger partial charge in [-0.1, -0.05) is 18.2 Å². The van der Waals surface area contributed by atoms with Crippen LogP contribution in [0.3, 0.4) is 0 Å². The molecule has 1 aromatic heterocycles. The Kier molecular flexibility index (Phi) is 4.17. The maximum absolute atomic E-state index is 12.1. The number of likely N-dealkylation sites (N-methyl/N-ethyl adjacent to an activating group) is 1. The van der Waals surface area contributed by atoms with E-state index in [0.717, 1.165) is 41.1 Å². The number of methoxy groups -OCH3 is 1. The molecule has 0 saturated carbocycles. The summed E-state index contributed by atoms with van der Waals surface area (Å²) in [5, 5.41) is 24.4. The molecule has 1 aliphatic carbocycles. The molecule has 156 valence electrons. The minimum Gasteiger partial charge on any atom is -0.497 e. The number of nitro groups is 1. The van der Waals surface area contributed by atoms with E-state index in [1.807, 2.05) is 31.3 Å². The summed E-state index contributed by atoms with van der Waals surface area (Å²) < 4.78 is 5.46. The maximum atomic E-state index is 12.1. The molecule has 1 saturated heterocycles. The third-order valence-electron chi connectivity index (χ3n) is 7.10. The second kappa shape index (κ2) is 6.55. The summed E-state index contributed by atoms with van der Waals surface area (Å²) >= 11 is 0. The molecule has 2 aromatic carbocycles. The summed E-state index contributed by atoms with van der Waals surface area (Å²) in [6, 6.07) is 13.1. The summed E-state index contributed by atoms with van der Waals surface area (Å²) in [6.45, 7) is 1.38. The fourth-order valence-corrected chi connectivity index (χ4v) is 5.65. The van der Waals surface area contributed by atoms with Crippen LogP contribution in [0.5, 0.6) is 5.75 Å². The molecule has 2 atom stereocenters. The number of aromatic nitrogens is 1. The van der Waals surface area contributed by atoms with Crippen LogP contribution in [0.2, 0.25) is 0 Å². The Morgan fingerprint density at radius 3 is 2.80 bits per heavy atom. The highest BCUT2D eigenvalue weighted by atomic mass is 16.6. The molecule has 0 spiro atoms. The van der Waals surface area contributed by atoms with E-state index in [0.29, 0.717) is 24.8 Å². The maximum Gasteiger partial charge on any atom is 0.279 e. The molecule has 0 radical (unpaired) electrons. The Morgan fingerprint density at radius 2 is 2.03 bits per heavy atom. The van der Waals surface area contributed by atoms with Crippen LogP contribution in [0, 0.1) is 10.1 Å². The van der Waals surface area contributed by atoms with E-state index >= 15 is 0 Å². The number of H-pyrrole nitrogens is 1. The van der Waals surface area contributed by atoms with Gasteiger partial charge in [-0.25, -0.2) is 0 Å². The van der Waals surface area contributed by atoms with Gasteiger partial charge in [0.15, 0.2) is 0 Å². The SMILES string of the molecule is COc1cccc([C@@]23CCN(C)C[C@@]2(O)Cc2c([nH]c4cccc([N+](=O)[O-])c24)C3)c1. The van der Waals surface area contributed by atoms with Gasteiger partial charge in [-0.05, 0) is 49.3 Å². The van der Waals surface area contributed by atoms with Crippen molar-refractivity contribution in [2.75, 3.05) is 27.2 Å². The minimum atomic E-state index is -1.04. The number of aromatic amines is 1. The smallest absolute Gasteiger partial charge is 0.279 e. The number of non-ortho nitro benzene ring substituents is 1. The van der Waals surface area contributed by atoms with Crippen molar-refractivity contribution >= 4 is 16.6 Å². The molecular weight excluding hydrogens is 382 g/mol. The Morgan fingerprint density at radius 1 is 1.23 bits per heavy atom. The van der Waals surface area contributed by atoms with Crippen LogP contribution in [-0.4, -0.2) is 52.8 Å². The van der Waals surface area contributed by atoms with Crippen LogP contribution < -0.4 is 4.74 Å². The lowest BCUT2D eigenvalue weighted by atomic mass is 9.56. The van der Waals surface area contributed by atoms with Crippen molar-refractivity contribution in [3.05, 3.63) is 69.4 Å². The third kappa shape index (κ3) is 2.58. The number of hydrogen-bond acceptors (Lipinski definition) is 5. The fourth-order valence-electron chi connectivity index (χ4n) is 5.65. The Balaban J connectivity index is 1.74. The molecule has 2 heterocycles. The first-order chi connectivity index (χ1) is 14.4. The van der Waals surface area contributed by atoms with Gasteiger partial charge < -0.3 is 19.7 Å². The van der Waals surface area contributed by atoms with Crippen molar-refractivity contribution in [1.82, 2.24) is 9.88 Å². The molecule has 5 rings (SSSR count). The first-order valence-electron chi connectivity index (χ1n) is 10.2. The van der Waals surface area contributed by atoms with Crippen molar-refractivity contribution in [3.63, 3.8) is 0 Å². The van der Waals surface area contributed by atoms with E-state index < -0.39 is 11.0 Å². The zero-order valence-corrected chi connectivity index (χ0v) is 17.1. The first kappa shape index (κ1) is 19.1. The van der Waals surface area contributed by atoms with E-state index in [4.69, 9.17) is 4.74 Å². The number of hydrogen-bond donors (Lipinski definition) is 2. The fraction of sp³-hybridized carbons (Fsp3) is 0.391. The highest BCUT2D eigenvalue weighted by Crippen LogP contribution is 2.52. The van der Waals surface area contributed by atoms with Gasteiger partial charge in [-0.3, -0.25) is 10.1 Å². The van der Waals surface area contributed by atoms with Gasteiger partial charge >= 0.3 is 0 Å². The molecule has 1 fully saturated rings. The number of piperidine rings is 1. The van der Waals surface area contributed by atoms with Crippen molar-refractivity contribution < 1.29 is 14.8 Å². The summed E-state index contributed by atoms with van der Waals surface area (Å²) in [5.74, 6) is 0.765. The number of aliphatic hydroxyl groups is 1. The molecule has 0 amide bonds. The zero-order valence-electron chi connectivity index (χ0n) is 17.1. The van der Waals surface area contributed by atoms with Gasteiger partial charge in [0, 0.05) is 36.6 Å². The second-order valence-corrected chi connectivity index (χ2v) is 8.73. The molecule has 2 N–H and O–H groups in total. The largest absolute Gasteiger partial charge is 0.497 e. The standard InChI is InChI=1S/C23H25N3O4/c1-25-10-9-22(15-5-3-6-16(11-15)30-2)13-19-17(12-23(22,27)14-25)21-18(24-19)7-4-8-20(21)26(28)29/h3-8,11,24,27H,9-10,12-14H2,1-2H3/t22-,23-/m0/s1. The quantitative estimate of drug-likeness (QED) is 0.514. The molecule has 0 bridgehead atoms. The monoisotopic (exact) mass is 407 g/mol. The van der Waals surface area contributed by atoms with Gasteiger partial charge in [-0.2, -0.15) is 0 Å². The predicted octanol–water partition coefficient (Wildman–Crippen LogP) is 3.19. The summed E-state index contributed by atoms with van der Waals surface area (Å²) in [4.78, 5) is 16.9. The van der Waals surface area contributed by atoms with Crippen molar-refractivity contribution in [2.45, 2.75) is 30.3 Å². The molecule has 1 aliphatic heterocycles. The van der Waals surface area contributed by atoms with Gasteiger partial charge in [0.05, 0.1) is 28.5 Å². The number of β-amino-alcohol motifs (C(OH)–C–C–N with tert-alkyl or cyclic N) is 1. The molecule has 30 heavy (non-hydrogen) atoms. The predicted molar refractivity (Wildman–Crippen MR) is 114 cm³/mol. The number of nitrogens with zero attached hydrogens (tertiary/aromatic N) is 2. The third-order valence-corrected chi connectivity index (χ3v) is 7.10. The lowest BCUT2D eigenvalue weighted by Crippen LogP contribution is -2.65. The summed E-state index contributed by atoms with van der Waals surface area (Å²) in [6.07, 6.45) is 1.77. The lowest BCUT2D eigenvalue weighted by Gasteiger charge is -2.55. The number of ether oxygens (including phenoxy) is 1. The van der Waals surface area contributed by atoms with Crippen LogP contribution in [-0.2, 0) is 18.3 Å². The molecule has 0 unspecified atom stereocenters. The highest BCUT2D eigenvalue weighted by molar-refractivity contribution is 5.93. The van der Waals surface area contributed by atoms with Crippen LogP contribution in [0.15, 0.2) is 42.5 Å². The lowest BCUT2D eigenvalue weighted by molar-refractivity contribution is -0.383. The Hall–Kier alpha value is -2.90. The number of rotatable bonds is 3. The molecular formula is C23H25N3O4. The van der Waals surface area contributed by atoms with Gasteiger partial charge in [0.1, 0.15) is 5.75 Å². The van der Waals surface area contributed by atoms with E-state index in [1.165, 1.54) is 6.07 Å². The number of nitro benzene ring substituents is 1. The Labute approximate surface area is 174 Å². The first-order valence-corrected chi connectivity index (χ1v) is 10.2. The summed E-state index contributed by atoms with van der Waals surface area (Å²) in [5.41, 5.74) is 2.22. The van der Waals surface area contributed by atoms with Crippen LogP contribution >= 0.6 is 0 Å². The summed E-state index contributed by atoms with van der Waals surface area (Å²) in [7, 11) is 3.66. The number of fused-ring (bicyclic) bond motifs is 4. The van der Waals surface area contributed by atoms with Crippen molar-refractivity contribution in [3.8, 4) is 5.75 Å². The second-order valence-electron chi connectivity index (χ2n) is 8.73. The molecule has 7 heteroatoms. The van der Waals surface area contributed by atoms with Gasteiger partial charge in [-0.15, -0.1) is 0 Å². The van der Waals surface area contributed by atoms with Gasteiger partial charge in [0.2, 0.25) is 0 Å².